The maximum absolute atomic E-state index is 13.0. The van der Waals surface area contributed by atoms with Crippen LogP contribution in [0.5, 0.6) is 0 Å². The zero-order valence-electron chi connectivity index (χ0n) is 15.7. The van der Waals surface area contributed by atoms with Crippen LogP contribution in [0.2, 0.25) is 0 Å². The number of hydrogen-bond acceptors (Lipinski definition) is 2. The molecule has 0 bridgehead atoms. The second kappa shape index (κ2) is 8.37. The van der Waals surface area contributed by atoms with E-state index in [0.717, 1.165) is 5.56 Å². The molecule has 0 saturated carbocycles. The van der Waals surface area contributed by atoms with Crippen molar-refractivity contribution in [2.45, 2.75) is 26.3 Å². The Labute approximate surface area is 162 Å². The summed E-state index contributed by atoms with van der Waals surface area (Å²) in [6, 6.07) is 11.2. The summed E-state index contributed by atoms with van der Waals surface area (Å²) in [6.07, 6.45) is 1.37. The minimum Gasteiger partial charge on any atom is -0.351 e. The van der Waals surface area contributed by atoms with Crippen LogP contribution in [0.4, 0.5) is 19.3 Å². The van der Waals surface area contributed by atoms with Crippen LogP contribution < -0.4 is 10.6 Å². The van der Waals surface area contributed by atoms with Crippen molar-refractivity contribution >= 4 is 17.6 Å². The van der Waals surface area contributed by atoms with Gasteiger partial charge in [0.15, 0.2) is 0 Å². The molecule has 0 spiro atoms. The summed E-state index contributed by atoms with van der Waals surface area (Å²) in [5, 5.41) is 5.61. The van der Waals surface area contributed by atoms with Crippen molar-refractivity contribution in [3.63, 3.8) is 0 Å². The van der Waals surface area contributed by atoms with Gasteiger partial charge < -0.3 is 15.5 Å². The van der Waals surface area contributed by atoms with Gasteiger partial charge in [-0.25, -0.2) is 13.6 Å². The smallest absolute Gasteiger partial charge is 0.321 e. The average Bonchev–Trinajstić information content (AvgIpc) is 2.69. The number of rotatable bonds is 4. The zero-order chi connectivity index (χ0) is 20.1. The van der Waals surface area contributed by atoms with E-state index in [1.54, 1.807) is 17.0 Å². The van der Waals surface area contributed by atoms with Gasteiger partial charge in [0.05, 0.1) is 5.41 Å². The van der Waals surface area contributed by atoms with Crippen LogP contribution in [0, 0.1) is 17.0 Å². The molecule has 2 N–H and O–H groups in total. The Balaban J connectivity index is 1.58. The van der Waals surface area contributed by atoms with Crippen molar-refractivity contribution < 1.29 is 18.4 Å². The molecule has 1 aliphatic heterocycles. The maximum atomic E-state index is 13.0. The highest BCUT2D eigenvalue weighted by atomic mass is 19.1. The molecule has 0 aromatic heterocycles. The van der Waals surface area contributed by atoms with Gasteiger partial charge in [-0.2, -0.15) is 0 Å². The monoisotopic (exact) mass is 387 g/mol. The molecule has 148 valence electrons. The van der Waals surface area contributed by atoms with Crippen molar-refractivity contribution in [3.8, 4) is 0 Å². The van der Waals surface area contributed by atoms with E-state index in [4.69, 9.17) is 0 Å². The van der Waals surface area contributed by atoms with Gasteiger partial charge in [-0.15, -0.1) is 0 Å². The van der Waals surface area contributed by atoms with Crippen LogP contribution >= 0.6 is 0 Å². The fourth-order valence-corrected chi connectivity index (χ4v) is 3.33. The molecule has 3 amide bonds. The quantitative estimate of drug-likeness (QED) is 0.836. The number of halogens is 2. The Kier molecular flexibility index (Phi) is 5.92. The molecule has 1 fully saturated rings. The van der Waals surface area contributed by atoms with Gasteiger partial charge in [0.2, 0.25) is 5.91 Å². The van der Waals surface area contributed by atoms with E-state index in [9.17, 15) is 18.4 Å². The van der Waals surface area contributed by atoms with Crippen molar-refractivity contribution in [2.24, 2.45) is 5.41 Å². The molecule has 7 heteroatoms. The van der Waals surface area contributed by atoms with Gasteiger partial charge >= 0.3 is 6.03 Å². The van der Waals surface area contributed by atoms with E-state index < -0.39 is 5.41 Å². The predicted octanol–water partition coefficient (Wildman–Crippen LogP) is 3.92. The number of anilines is 1. The minimum absolute atomic E-state index is 0.142. The van der Waals surface area contributed by atoms with Crippen LogP contribution in [0.25, 0.3) is 0 Å². The number of amides is 3. The number of carbonyl (C=O) groups excluding carboxylic acids is 2. The molecule has 3 rings (SSSR count). The number of piperidine rings is 1. The second-order valence-corrected chi connectivity index (χ2v) is 7.33. The zero-order valence-corrected chi connectivity index (χ0v) is 15.7. The summed E-state index contributed by atoms with van der Waals surface area (Å²) in [5.74, 6) is -0.838. The molecular formula is C21H23F2N3O2. The normalized spacial score (nSPS) is 19.2. The molecule has 1 heterocycles. The molecule has 1 saturated heterocycles. The number of carbonyl (C=O) groups is 2. The van der Waals surface area contributed by atoms with Crippen LogP contribution in [-0.4, -0.2) is 29.9 Å². The predicted molar refractivity (Wildman–Crippen MR) is 103 cm³/mol. The fraction of sp³-hybridized carbons (Fsp3) is 0.333. The fourth-order valence-electron chi connectivity index (χ4n) is 3.33. The van der Waals surface area contributed by atoms with Crippen LogP contribution in [0.1, 0.15) is 25.3 Å². The van der Waals surface area contributed by atoms with E-state index in [0.29, 0.717) is 31.6 Å². The van der Waals surface area contributed by atoms with E-state index in [-0.39, 0.29) is 30.1 Å². The number of nitrogens with zero attached hydrogens (tertiary/aromatic N) is 1. The second-order valence-electron chi connectivity index (χ2n) is 7.33. The van der Waals surface area contributed by atoms with E-state index in [2.05, 4.69) is 10.6 Å². The first-order valence-corrected chi connectivity index (χ1v) is 9.20. The lowest BCUT2D eigenvalue weighted by Crippen LogP contribution is -2.52. The van der Waals surface area contributed by atoms with E-state index in [1.165, 1.54) is 36.4 Å². The molecule has 5 nitrogen and oxygen atoms in total. The van der Waals surface area contributed by atoms with Crippen molar-refractivity contribution in [3.05, 3.63) is 65.7 Å². The largest absolute Gasteiger partial charge is 0.351 e. The highest BCUT2D eigenvalue weighted by Crippen LogP contribution is 2.30. The topological polar surface area (TPSA) is 61.4 Å². The SMILES string of the molecule is CC1(C(=O)NCc2ccc(F)cc2)CCCN(C(=O)Nc2ccc(F)cc2)C1. The molecule has 1 aliphatic rings. The molecule has 28 heavy (non-hydrogen) atoms. The molecular weight excluding hydrogens is 364 g/mol. The first kappa shape index (κ1) is 19.8. The molecule has 2 aromatic rings. The number of hydrogen-bond donors (Lipinski definition) is 2. The van der Waals surface area contributed by atoms with Gasteiger partial charge in [0, 0.05) is 25.3 Å². The van der Waals surface area contributed by atoms with Gasteiger partial charge in [0.25, 0.3) is 0 Å². The van der Waals surface area contributed by atoms with Gasteiger partial charge in [-0.1, -0.05) is 12.1 Å². The number of urea groups is 1. The summed E-state index contributed by atoms with van der Waals surface area (Å²) >= 11 is 0. The van der Waals surface area contributed by atoms with Crippen LogP contribution in [0.3, 0.4) is 0 Å². The third kappa shape index (κ3) is 4.85. The molecule has 1 atom stereocenters. The van der Waals surface area contributed by atoms with Crippen molar-refractivity contribution in [2.75, 3.05) is 18.4 Å². The Morgan fingerprint density at radius 3 is 2.29 bits per heavy atom. The summed E-state index contributed by atoms with van der Waals surface area (Å²) in [4.78, 5) is 26.9. The lowest BCUT2D eigenvalue weighted by atomic mass is 9.81. The van der Waals surface area contributed by atoms with Crippen molar-refractivity contribution in [1.82, 2.24) is 10.2 Å². The third-order valence-electron chi connectivity index (χ3n) is 4.99. The standard InChI is InChI=1S/C21H23F2N3O2/c1-21(19(27)24-13-15-3-5-16(22)6-4-15)11-2-12-26(14-21)20(28)25-18-9-7-17(23)8-10-18/h3-10H,2,11-14H2,1H3,(H,24,27)(H,25,28). The highest BCUT2D eigenvalue weighted by molar-refractivity contribution is 5.90. The summed E-state index contributed by atoms with van der Waals surface area (Å²) in [5.41, 5.74) is 0.595. The molecule has 2 aromatic carbocycles. The Morgan fingerprint density at radius 2 is 1.64 bits per heavy atom. The first-order valence-electron chi connectivity index (χ1n) is 9.20. The Hall–Kier alpha value is -2.96. The third-order valence-corrected chi connectivity index (χ3v) is 4.99. The average molecular weight is 387 g/mol. The van der Waals surface area contributed by atoms with Crippen LogP contribution in [0.15, 0.2) is 48.5 Å². The maximum Gasteiger partial charge on any atom is 0.321 e. The van der Waals surface area contributed by atoms with Crippen molar-refractivity contribution in [1.29, 1.82) is 0 Å². The summed E-state index contributed by atoms with van der Waals surface area (Å²) < 4.78 is 26.0. The number of benzene rings is 2. The Bertz CT molecular complexity index is 840. The molecule has 0 radical (unpaired) electrons. The first-order chi connectivity index (χ1) is 13.4. The molecule has 1 unspecified atom stereocenters. The Morgan fingerprint density at radius 1 is 1.04 bits per heavy atom. The summed E-state index contributed by atoms with van der Waals surface area (Å²) in [6.45, 7) is 2.98. The summed E-state index contributed by atoms with van der Waals surface area (Å²) in [7, 11) is 0. The van der Waals surface area contributed by atoms with Crippen LogP contribution in [-0.2, 0) is 11.3 Å². The van der Waals surface area contributed by atoms with Gasteiger partial charge in [-0.05, 0) is 61.7 Å². The van der Waals surface area contributed by atoms with Gasteiger partial charge in [-0.3, -0.25) is 4.79 Å². The highest BCUT2D eigenvalue weighted by Gasteiger charge is 2.39. The minimum atomic E-state index is -0.710. The molecule has 0 aliphatic carbocycles. The number of likely N-dealkylation sites (tertiary alicyclic amines) is 1. The lowest BCUT2D eigenvalue weighted by Gasteiger charge is -2.39. The van der Waals surface area contributed by atoms with E-state index in [1.807, 2.05) is 6.92 Å². The lowest BCUT2D eigenvalue weighted by molar-refractivity contribution is -0.132. The van der Waals surface area contributed by atoms with Gasteiger partial charge in [0.1, 0.15) is 11.6 Å². The number of nitrogens with one attached hydrogen (secondary N) is 2. The van der Waals surface area contributed by atoms with E-state index >= 15 is 0 Å².